The monoisotopic (exact) mass is 486 g/mol. The quantitative estimate of drug-likeness (QED) is 0.466. The molecular formula is C27H27FN6O2. The summed E-state index contributed by atoms with van der Waals surface area (Å²) in [5.74, 6) is 0.498. The second-order valence-electron chi connectivity index (χ2n) is 9.52. The Morgan fingerprint density at radius 1 is 1.11 bits per heavy atom. The second-order valence-corrected chi connectivity index (χ2v) is 9.52. The average molecular weight is 487 g/mol. The third-order valence-electron chi connectivity index (χ3n) is 7.50. The van der Waals surface area contributed by atoms with Crippen molar-refractivity contribution in [3.05, 3.63) is 82.3 Å². The molecule has 0 aliphatic carbocycles. The number of rotatable bonds is 4. The maximum atomic E-state index is 13.9. The number of fused-ring (bicyclic) bond motifs is 2. The molecule has 6 rings (SSSR count). The van der Waals surface area contributed by atoms with Gasteiger partial charge in [-0.1, -0.05) is 6.92 Å². The van der Waals surface area contributed by atoms with E-state index in [0.717, 1.165) is 54.9 Å². The van der Waals surface area contributed by atoms with E-state index in [0.29, 0.717) is 17.8 Å². The van der Waals surface area contributed by atoms with Gasteiger partial charge in [-0.25, -0.2) is 19.2 Å². The van der Waals surface area contributed by atoms with Gasteiger partial charge >= 0.3 is 5.69 Å². The van der Waals surface area contributed by atoms with Gasteiger partial charge in [-0.15, -0.1) is 0 Å². The number of H-pyrrole nitrogens is 1. The minimum atomic E-state index is -0.276. The lowest BCUT2D eigenvalue weighted by molar-refractivity contribution is 0.0988. The Balaban J connectivity index is 1.20. The van der Waals surface area contributed by atoms with E-state index in [-0.39, 0.29) is 29.4 Å². The number of pyridine rings is 2. The van der Waals surface area contributed by atoms with Crippen LogP contribution in [0, 0.1) is 5.82 Å². The summed E-state index contributed by atoms with van der Waals surface area (Å²) in [6.07, 6.45) is 5.75. The first-order valence-corrected chi connectivity index (χ1v) is 12.4. The SMILES string of the molecule is CCC1CN(C(=O)c2ccnc(N3CCC(n4c(=O)[nH]c5ncccc54)CC3)c2)c2ccc(F)cc21. The summed E-state index contributed by atoms with van der Waals surface area (Å²) in [6.45, 7) is 4.05. The number of anilines is 2. The van der Waals surface area contributed by atoms with Gasteiger partial charge in [-0.2, -0.15) is 0 Å². The number of imidazole rings is 1. The van der Waals surface area contributed by atoms with E-state index in [9.17, 15) is 14.0 Å². The molecule has 0 spiro atoms. The fourth-order valence-electron chi connectivity index (χ4n) is 5.61. The molecule has 0 bridgehead atoms. The minimum absolute atomic E-state index is 0.0731. The summed E-state index contributed by atoms with van der Waals surface area (Å²) in [5, 5.41) is 0. The van der Waals surface area contributed by atoms with E-state index < -0.39 is 0 Å². The highest BCUT2D eigenvalue weighted by Crippen LogP contribution is 2.39. The van der Waals surface area contributed by atoms with E-state index in [1.807, 2.05) is 22.8 Å². The van der Waals surface area contributed by atoms with Crippen LogP contribution in [0.15, 0.2) is 59.7 Å². The Hall–Kier alpha value is -4.01. The number of hydrogen-bond acceptors (Lipinski definition) is 5. The first kappa shape index (κ1) is 22.5. The van der Waals surface area contributed by atoms with Gasteiger partial charge in [0.25, 0.3) is 5.91 Å². The molecule has 9 heteroatoms. The zero-order valence-corrected chi connectivity index (χ0v) is 20.0. The zero-order valence-electron chi connectivity index (χ0n) is 20.0. The number of benzene rings is 1. The van der Waals surface area contributed by atoms with Crippen LogP contribution in [0.3, 0.4) is 0 Å². The van der Waals surface area contributed by atoms with Gasteiger partial charge in [0, 0.05) is 55.2 Å². The van der Waals surface area contributed by atoms with Gasteiger partial charge in [0.1, 0.15) is 11.6 Å². The van der Waals surface area contributed by atoms with Crippen molar-refractivity contribution in [3.63, 3.8) is 0 Å². The highest BCUT2D eigenvalue weighted by Gasteiger charge is 2.33. The predicted octanol–water partition coefficient (Wildman–Crippen LogP) is 4.25. The molecule has 2 aliphatic rings. The third kappa shape index (κ3) is 3.75. The Kier molecular flexibility index (Phi) is 5.55. The van der Waals surface area contributed by atoms with Crippen LogP contribution in [-0.2, 0) is 0 Å². The zero-order chi connectivity index (χ0) is 24.8. The number of hydrogen-bond donors (Lipinski definition) is 1. The molecule has 1 unspecified atom stereocenters. The van der Waals surface area contributed by atoms with Crippen molar-refractivity contribution < 1.29 is 9.18 Å². The Morgan fingerprint density at radius 3 is 2.75 bits per heavy atom. The number of carbonyl (C=O) groups excluding carboxylic acids is 1. The number of amides is 1. The van der Waals surface area contributed by atoms with Crippen LogP contribution in [-0.4, -0.2) is 45.1 Å². The summed E-state index contributed by atoms with van der Waals surface area (Å²) in [5.41, 5.74) is 3.53. The smallest absolute Gasteiger partial charge is 0.327 e. The molecule has 5 heterocycles. The molecule has 0 saturated carbocycles. The molecule has 1 atom stereocenters. The number of carbonyl (C=O) groups is 1. The molecule has 1 N–H and O–H groups in total. The molecule has 1 fully saturated rings. The van der Waals surface area contributed by atoms with E-state index in [1.54, 1.807) is 35.5 Å². The summed E-state index contributed by atoms with van der Waals surface area (Å²) >= 11 is 0. The summed E-state index contributed by atoms with van der Waals surface area (Å²) < 4.78 is 15.7. The molecule has 0 radical (unpaired) electrons. The van der Waals surface area contributed by atoms with Crippen molar-refractivity contribution in [1.29, 1.82) is 0 Å². The van der Waals surface area contributed by atoms with E-state index in [1.165, 1.54) is 6.07 Å². The molecule has 2 aliphatic heterocycles. The predicted molar refractivity (Wildman–Crippen MR) is 136 cm³/mol. The third-order valence-corrected chi connectivity index (χ3v) is 7.50. The molecule has 8 nitrogen and oxygen atoms in total. The van der Waals surface area contributed by atoms with Crippen molar-refractivity contribution in [3.8, 4) is 0 Å². The lowest BCUT2D eigenvalue weighted by Crippen LogP contribution is -2.37. The Bertz CT molecular complexity index is 1500. The summed E-state index contributed by atoms with van der Waals surface area (Å²) in [7, 11) is 0. The molecule has 36 heavy (non-hydrogen) atoms. The first-order chi connectivity index (χ1) is 17.5. The van der Waals surface area contributed by atoms with Crippen LogP contribution < -0.4 is 15.5 Å². The van der Waals surface area contributed by atoms with Crippen molar-refractivity contribution in [2.24, 2.45) is 0 Å². The van der Waals surface area contributed by atoms with Crippen LogP contribution >= 0.6 is 0 Å². The van der Waals surface area contributed by atoms with Crippen LogP contribution in [0.4, 0.5) is 15.9 Å². The lowest BCUT2D eigenvalue weighted by atomic mass is 9.99. The van der Waals surface area contributed by atoms with Crippen LogP contribution in [0.1, 0.15) is 54.1 Å². The van der Waals surface area contributed by atoms with Gasteiger partial charge in [-0.05, 0) is 67.3 Å². The summed E-state index contributed by atoms with van der Waals surface area (Å²) in [6, 6.07) is 12.1. The topological polar surface area (TPSA) is 87.1 Å². The molecule has 3 aromatic heterocycles. The highest BCUT2D eigenvalue weighted by molar-refractivity contribution is 6.07. The van der Waals surface area contributed by atoms with Crippen molar-refractivity contribution in [1.82, 2.24) is 19.5 Å². The maximum Gasteiger partial charge on any atom is 0.327 e. The largest absolute Gasteiger partial charge is 0.356 e. The standard InChI is InChI=1S/C27H27FN6O2/c1-2-17-16-33(22-6-5-19(28)15-21(17)22)26(35)18-7-11-29-24(14-18)32-12-8-20(9-13-32)34-23-4-3-10-30-25(23)31-27(34)36/h3-7,10-11,14-15,17,20H,2,8-9,12-13,16H2,1H3,(H,30,31,36). The van der Waals surface area contributed by atoms with Crippen molar-refractivity contribution in [2.75, 3.05) is 29.4 Å². The van der Waals surface area contributed by atoms with Crippen molar-refractivity contribution >= 4 is 28.6 Å². The number of nitrogens with zero attached hydrogens (tertiary/aromatic N) is 5. The van der Waals surface area contributed by atoms with E-state index in [4.69, 9.17) is 0 Å². The number of aromatic nitrogens is 4. The maximum absolute atomic E-state index is 13.9. The van der Waals surface area contributed by atoms with Gasteiger partial charge in [0.15, 0.2) is 5.65 Å². The van der Waals surface area contributed by atoms with Gasteiger partial charge in [0.05, 0.1) is 5.52 Å². The molecule has 1 amide bonds. The number of halogens is 1. The Labute approximate surface area is 207 Å². The van der Waals surface area contributed by atoms with Crippen LogP contribution in [0.5, 0.6) is 0 Å². The molecular weight excluding hydrogens is 459 g/mol. The fraction of sp³-hybridized carbons (Fsp3) is 0.333. The van der Waals surface area contributed by atoms with E-state index >= 15 is 0 Å². The van der Waals surface area contributed by atoms with Gasteiger partial charge in [0.2, 0.25) is 0 Å². The molecule has 1 saturated heterocycles. The molecule has 4 aromatic rings. The summed E-state index contributed by atoms with van der Waals surface area (Å²) in [4.78, 5) is 41.6. The average Bonchev–Trinajstić information content (AvgIpc) is 3.44. The first-order valence-electron chi connectivity index (χ1n) is 12.4. The van der Waals surface area contributed by atoms with E-state index in [2.05, 4.69) is 26.8 Å². The number of aromatic amines is 1. The van der Waals surface area contributed by atoms with Crippen LogP contribution in [0.2, 0.25) is 0 Å². The second kappa shape index (κ2) is 8.89. The van der Waals surface area contributed by atoms with Crippen LogP contribution in [0.25, 0.3) is 11.2 Å². The number of piperidine rings is 1. The number of nitrogens with one attached hydrogen (secondary N) is 1. The Morgan fingerprint density at radius 2 is 1.94 bits per heavy atom. The lowest BCUT2D eigenvalue weighted by Gasteiger charge is -2.33. The normalized spacial score (nSPS) is 18.1. The highest BCUT2D eigenvalue weighted by atomic mass is 19.1. The van der Waals surface area contributed by atoms with Crippen molar-refractivity contribution in [2.45, 2.75) is 38.1 Å². The fourth-order valence-corrected chi connectivity index (χ4v) is 5.61. The minimum Gasteiger partial charge on any atom is -0.356 e. The molecule has 184 valence electrons. The van der Waals surface area contributed by atoms with Gasteiger partial charge < -0.3 is 9.80 Å². The van der Waals surface area contributed by atoms with Gasteiger partial charge in [-0.3, -0.25) is 14.3 Å². The molecule has 1 aromatic carbocycles.